The van der Waals surface area contributed by atoms with Gasteiger partial charge in [0.1, 0.15) is 0 Å². The summed E-state index contributed by atoms with van der Waals surface area (Å²) >= 11 is 5.44. The molecule has 2 aromatic rings. The van der Waals surface area contributed by atoms with Crippen LogP contribution in [0.1, 0.15) is 11.4 Å². The Kier molecular flexibility index (Phi) is 2.98. The third kappa shape index (κ3) is 2.22. The number of rotatable bonds is 1. The van der Waals surface area contributed by atoms with Crippen LogP contribution in [-0.4, -0.2) is 26.5 Å². The van der Waals surface area contributed by atoms with Gasteiger partial charge in [-0.3, -0.25) is 0 Å². The molecule has 0 radical (unpaired) electrons. The number of thiocarbonyl (C=S) groups is 1. The molecule has 0 bridgehead atoms. The smallest absolute Gasteiger partial charge is 0.173 e. The number of imidazole rings is 1. The molecule has 3 rings (SSSR count). The molecular weight excluding hydrogens is 244 g/mol. The summed E-state index contributed by atoms with van der Waals surface area (Å²) in [6, 6.07) is 10.00. The molecule has 0 saturated heterocycles. The number of benzene rings is 1. The topological polar surface area (TPSA) is 44.0 Å². The van der Waals surface area contributed by atoms with E-state index in [1.807, 2.05) is 30.3 Å². The van der Waals surface area contributed by atoms with Gasteiger partial charge in [0.25, 0.3) is 0 Å². The van der Waals surface area contributed by atoms with Crippen molar-refractivity contribution >= 4 is 23.0 Å². The van der Waals surface area contributed by atoms with E-state index in [1.165, 1.54) is 5.69 Å². The molecule has 2 heterocycles. The number of anilines is 1. The molecule has 1 aromatic carbocycles. The maximum absolute atomic E-state index is 5.44. The molecule has 0 aliphatic carbocycles. The minimum Gasteiger partial charge on any atom is -0.348 e. The second-order valence-corrected chi connectivity index (χ2v) is 4.68. The predicted molar refractivity (Wildman–Crippen MR) is 75.4 cm³/mol. The molecule has 5 heteroatoms. The number of hydrogen-bond acceptors (Lipinski definition) is 2. The number of nitrogens with zero attached hydrogens (tertiary/aromatic N) is 2. The largest absolute Gasteiger partial charge is 0.348 e. The predicted octanol–water partition coefficient (Wildman–Crippen LogP) is 2.16. The van der Waals surface area contributed by atoms with Crippen molar-refractivity contribution in [3.63, 3.8) is 0 Å². The zero-order valence-electron chi connectivity index (χ0n) is 9.89. The summed E-state index contributed by atoms with van der Waals surface area (Å²) in [6.45, 7) is 1.70. The first-order valence-electron chi connectivity index (χ1n) is 5.95. The molecule has 0 fully saturated rings. The van der Waals surface area contributed by atoms with Crippen LogP contribution in [0.2, 0.25) is 0 Å². The average Bonchev–Trinajstić information content (AvgIpc) is 2.87. The lowest BCUT2D eigenvalue weighted by Crippen LogP contribution is -2.38. The van der Waals surface area contributed by atoms with Crippen LogP contribution >= 0.6 is 12.2 Å². The Bertz CT molecular complexity index is 549. The lowest BCUT2D eigenvalue weighted by molar-refractivity contribution is 0.392. The van der Waals surface area contributed by atoms with Gasteiger partial charge in [0.05, 0.1) is 18.6 Å². The zero-order valence-corrected chi connectivity index (χ0v) is 10.7. The summed E-state index contributed by atoms with van der Waals surface area (Å²) in [4.78, 5) is 9.62. The van der Waals surface area contributed by atoms with Crippen molar-refractivity contribution < 1.29 is 0 Å². The Morgan fingerprint density at radius 3 is 3.00 bits per heavy atom. The molecule has 92 valence electrons. The third-order valence-corrected chi connectivity index (χ3v) is 3.45. The van der Waals surface area contributed by atoms with Crippen LogP contribution in [0.3, 0.4) is 0 Å². The lowest BCUT2D eigenvalue weighted by atomic mass is 10.1. The van der Waals surface area contributed by atoms with Crippen LogP contribution in [-0.2, 0) is 13.0 Å². The molecule has 4 nitrogen and oxygen atoms in total. The summed E-state index contributed by atoms with van der Waals surface area (Å²) in [6.07, 6.45) is 2.72. The molecule has 0 amide bonds. The second-order valence-electron chi connectivity index (χ2n) is 4.30. The Balaban J connectivity index is 1.68. The number of aromatic nitrogens is 2. The molecule has 0 atom stereocenters. The highest BCUT2D eigenvalue weighted by Crippen LogP contribution is 2.16. The number of H-pyrrole nitrogens is 1. The van der Waals surface area contributed by atoms with Gasteiger partial charge in [-0.2, -0.15) is 0 Å². The van der Waals surface area contributed by atoms with Crippen molar-refractivity contribution in [2.75, 3.05) is 11.9 Å². The fraction of sp³-hybridized carbons (Fsp3) is 0.231. The first-order chi connectivity index (χ1) is 8.83. The summed E-state index contributed by atoms with van der Waals surface area (Å²) in [5.41, 5.74) is 3.35. The standard InChI is InChI=1S/C13H14N4S/c18-13(16-10-4-2-1-3-5-10)17-7-6-11-12(8-17)15-9-14-11/h1-5,9H,6-8H2,(H,14,15)(H,16,18). The lowest BCUT2D eigenvalue weighted by Gasteiger charge is -2.28. The van der Waals surface area contributed by atoms with Gasteiger partial charge in [-0.05, 0) is 24.4 Å². The van der Waals surface area contributed by atoms with Crippen molar-refractivity contribution in [1.82, 2.24) is 14.9 Å². The minimum absolute atomic E-state index is 0.759. The Labute approximate surface area is 111 Å². The van der Waals surface area contributed by atoms with Crippen molar-refractivity contribution in [3.8, 4) is 0 Å². The molecule has 1 aliphatic rings. The Morgan fingerprint density at radius 2 is 2.17 bits per heavy atom. The molecule has 1 aliphatic heterocycles. The molecule has 2 N–H and O–H groups in total. The summed E-state index contributed by atoms with van der Waals surface area (Å²) in [7, 11) is 0. The number of fused-ring (bicyclic) bond motifs is 1. The van der Waals surface area contributed by atoms with Crippen molar-refractivity contribution in [2.45, 2.75) is 13.0 Å². The maximum Gasteiger partial charge on any atom is 0.173 e. The second kappa shape index (κ2) is 4.78. The van der Waals surface area contributed by atoms with E-state index >= 15 is 0 Å². The van der Waals surface area contributed by atoms with E-state index in [-0.39, 0.29) is 0 Å². The SMILES string of the molecule is S=C(Nc1ccccc1)N1CCc2[nH]cnc2C1. The van der Waals surface area contributed by atoms with Crippen LogP contribution in [0.4, 0.5) is 5.69 Å². The fourth-order valence-corrected chi connectivity index (χ4v) is 2.38. The molecule has 0 unspecified atom stereocenters. The molecule has 0 saturated carbocycles. The van der Waals surface area contributed by atoms with E-state index in [1.54, 1.807) is 6.33 Å². The van der Waals surface area contributed by atoms with E-state index in [9.17, 15) is 0 Å². The molecule has 0 spiro atoms. The van der Waals surface area contributed by atoms with Crippen molar-refractivity contribution in [2.24, 2.45) is 0 Å². The maximum atomic E-state index is 5.44. The molecular formula is C13H14N4S. The number of nitrogens with one attached hydrogen (secondary N) is 2. The Morgan fingerprint density at radius 1 is 1.33 bits per heavy atom. The number of aromatic amines is 1. The number of hydrogen-bond donors (Lipinski definition) is 2. The minimum atomic E-state index is 0.759. The van der Waals surface area contributed by atoms with Gasteiger partial charge in [-0.15, -0.1) is 0 Å². The van der Waals surface area contributed by atoms with Crippen molar-refractivity contribution in [1.29, 1.82) is 0 Å². The average molecular weight is 258 g/mol. The van der Waals surface area contributed by atoms with Crippen molar-refractivity contribution in [3.05, 3.63) is 48.0 Å². The summed E-state index contributed by atoms with van der Waals surface area (Å²) < 4.78 is 0. The van der Waals surface area contributed by atoms with Gasteiger partial charge in [-0.25, -0.2) is 4.98 Å². The van der Waals surface area contributed by atoms with E-state index in [0.717, 1.165) is 36.0 Å². The van der Waals surface area contributed by atoms with E-state index in [4.69, 9.17) is 12.2 Å². The van der Waals surface area contributed by atoms with Gasteiger partial charge in [0, 0.05) is 24.3 Å². The van der Waals surface area contributed by atoms with E-state index in [0.29, 0.717) is 0 Å². The van der Waals surface area contributed by atoms with Crippen LogP contribution in [0, 0.1) is 0 Å². The first kappa shape index (κ1) is 11.2. The van der Waals surface area contributed by atoms with Crippen LogP contribution in [0.25, 0.3) is 0 Å². The zero-order chi connectivity index (χ0) is 12.4. The number of para-hydroxylation sites is 1. The van der Waals surface area contributed by atoms with Gasteiger partial charge < -0.3 is 15.2 Å². The highest BCUT2D eigenvalue weighted by Gasteiger charge is 2.19. The van der Waals surface area contributed by atoms with Crippen LogP contribution in [0.5, 0.6) is 0 Å². The monoisotopic (exact) mass is 258 g/mol. The van der Waals surface area contributed by atoms with Crippen LogP contribution in [0.15, 0.2) is 36.7 Å². The van der Waals surface area contributed by atoms with Gasteiger partial charge >= 0.3 is 0 Å². The van der Waals surface area contributed by atoms with Gasteiger partial charge in [0.15, 0.2) is 5.11 Å². The summed E-state index contributed by atoms with van der Waals surface area (Å²) in [5, 5.41) is 4.01. The van der Waals surface area contributed by atoms with Gasteiger partial charge in [-0.1, -0.05) is 18.2 Å². The van der Waals surface area contributed by atoms with E-state index < -0.39 is 0 Å². The Hall–Kier alpha value is -1.88. The highest BCUT2D eigenvalue weighted by atomic mass is 32.1. The third-order valence-electron chi connectivity index (χ3n) is 3.09. The van der Waals surface area contributed by atoms with E-state index in [2.05, 4.69) is 20.2 Å². The van der Waals surface area contributed by atoms with Crippen LogP contribution < -0.4 is 5.32 Å². The molecule has 1 aromatic heterocycles. The first-order valence-corrected chi connectivity index (χ1v) is 6.36. The summed E-state index contributed by atoms with van der Waals surface area (Å²) in [5.74, 6) is 0. The normalized spacial score (nSPS) is 14.1. The fourth-order valence-electron chi connectivity index (χ4n) is 2.11. The quantitative estimate of drug-likeness (QED) is 0.769. The highest BCUT2D eigenvalue weighted by molar-refractivity contribution is 7.80. The molecule has 18 heavy (non-hydrogen) atoms. The van der Waals surface area contributed by atoms with Gasteiger partial charge in [0.2, 0.25) is 0 Å².